The molecule has 110 valence electrons. The highest BCUT2D eigenvalue weighted by Crippen LogP contribution is 2.50. The Morgan fingerprint density at radius 1 is 0.944 bits per heavy atom. The Morgan fingerprint density at radius 2 is 1.39 bits per heavy atom. The van der Waals surface area contributed by atoms with Gasteiger partial charge in [0.25, 0.3) is 0 Å². The molecule has 0 heterocycles. The van der Waals surface area contributed by atoms with Gasteiger partial charge >= 0.3 is 24.2 Å². The van der Waals surface area contributed by atoms with E-state index in [9.17, 15) is 35.1 Å². The van der Waals surface area contributed by atoms with Crippen molar-refractivity contribution < 1.29 is 45.3 Å². The molecule has 0 spiro atoms. The summed E-state index contributed by atoms with van der Waals surface area (Å²) in [6.07, 6.45) is -9.89. The third kappa shape index (κ3) is 3.22. The van der Waals surface area contributed by atoms with Crippen molar-refractivity contribution in [2.45, 2.75) is 43.1 Å². The van der Waals surface area contributed by atoms with Gasteiger partial charge < -0.3 is 10.2 Å². The fourth-order valence-corrected chi connectivity index (χ4v) is 0.977. The molecular weight excluding hydrogens is 280 g/mol. The van der Waals surface area contributed by atoms with E-state index >= 15 is 0 Å². The normalized spacial score (nSPS) is 16.2. The fraction of sp³-hybridized carbons (Fsp3) is 1.00. The third-order valence-electron chi connectivity index (χ3n) is 2.15. The van der Waals surface area contributed by atoms with Gasteiger partial charge in [-0.15, -0.1) is 0 Å². The molecule has 2 N–H and O–H groups in total. The van der Waals surface area contributed by atoms with Gasteiger partial charge in [0.2, 0.25) is 0 Å². The average Bonchev–Trinajstić information content (AvgIpc) is 2.25. The summed E-state index contributed by atoms with van der Waals surface area (Å²) in [6.45, 7) is -1.05. The Labute approximate surface area is 96.2 Å². The Morgan fingerprint density at radius 3 is 1.72 bits per heavy atom. The minimum absolute atomic E-state index is 1.05. The molecule has 18 heavy (non-hydrogen) atoms. The number of hydrogen-bond acceptors (Lipinski definition) is 2. The maximum absolute atomic E-state index is 12.8. The molecule has 0 rings (SSSR count). The van der Waals surface area contributed by atoms with Crippen molar-refractivity contribution in [1.82, 2.24) is 0 Å². The first-order valence-electron chi connectivity index (χ1n) is 4.60. The van der Waals surface area contributed by atoms with Crippen molar-refractivity contribution in [2.24, 2.45) is 0 Å². The number of rotatable bonds is 7. The van der Waals surface area contributed by atoms with Crippen LogP contribution in [0.2, 0.25) is 0 Å². The number of aliphatic hydroxyl groups excluding tert-OH is 2. The molecule has 0 saturated heterocycles. The summed E-state index contributed by atoms with van der Waals surface area (Å²) >= 11 is 0. The second-order valence-electron chi connectivity index (χ2n) is 3.58. The van der Waals surface area contributed by atoms with E-state index in [1.165, 1.54) is 0 Å². The summed E-state index contributed by atoms with van der Waals surface area (Å²) in [7, 11) is 0. The summed E-state index contributed by atoms with van der Waals surface area (Å²) in [6, 6.07) is 0. The first kappa shape index (κ1) is 17.4. The van der Waals surface area contributed by atoms with E-state index in [1.807, 2.05) is 0 Å². The summed E-state index contributed by atoms with van der Waals surface area (Å²) in [5.41, 5.74) is 0. The Balaban J connectivity index is 4.96. The minimum atomic E-state index is -6.26. The van der Waals surface area contributed by atoms with Crippen LogP contribution in [0.15, 0.2) is 0 Å². The molecule has 0 aliphatic carbocycles. The number of aliphatic hydroxyl groups is 2. The van der Waals surface area contributed by atoms with Gasteiger partial charge in [-0.25, -0.2) is 8.78 Å². The van der Waals surface area contributed by atoms with Gasteiger partial charge in [0.05, 0.1) is 12.7 Å². The van der Waals surface area contributed by atoms with Gasteiger partial charge in [0.1, 0.15) is 0 Å². The zero-order chi connectivity index (χ0) is 14.8. The van der Waals surface area contributed by atoms with E-state index in [0.717, 1.165) is 0 Å². The van der Waals surface area contributed by atoms with Gasteiger partial charge in [-0.2, -0.15) is 26.3 Å². The molecule has 0 aromatic heterocycles. The van der Waals surface area contributed by atoms with Crippen molar-refractivity contribution in [2.75, 3.05) is 6.61 Å². The maximum Gasteiger partial charge on any atom is 0.377 e. The molecule has 0 aromatic carbocycles. The third-order valence-corrected chi connectivity index (χ3v) is 2.15. The fourth-order valence-electron chi connectivity index (χ4n) is 0.977. The quantitative estimate of drug-likeness (QED) is 0.706. The van der Waals surface area contributed by atoms with E-state index in [-0.39, 0.29) is 0 Å². The standard InChI is InChI=1S/C8H10F8O2/c9-5(10)7(13,14)8(15,16)6(11,12)2-1-4(18)3-17/h4-5,17-18H,1-3H2. The highest BCUT2D eigenvalue weighted by Gasteiger charge is 2.74. The first-order valence-corrected chi connectivity index (χ1v) is 4.60. The Kier molecular flexibility index (Phi) is 5.36. The molecule has 1 unspecified atom stereocenters. The van der Waals surface area contributed by atoms with Crippen molar-refractivity contribution >= 4 is 0 Å². The molecule has 2 nitrogen and oxygen atoms in total. The molecule has 10 heteroatoms. The second kappa shape index (κ2) is 5.55. The zero-order valence-corrected chi connectivity index (χ0v) is 8.69. The topological polar surface area (TPSA) is 40.5 Å². The Bertz CT molecular complexity index is 268. The molecular formula is C8H10F8O2. The van der Waals surface area contributed by atoms with Crippen molar-refractivity contribution in [3.05, 3.63) is 0 Å². The van der Waals surface area contributed by atoms with E-state index in [1.54, 1.807) is 0 Å². The van der Waals surface area contributed by atoms with E-state index < -0.39 is 49.7 Å². The summed E-state index contributed by atoms with van der Waals surface area (Å²) in [5, 5.41) is 16.9. The van der Waals surface area contributed by atoms with Crippen LogP contribution in [-0.4, -0.2) is 47.1 Å². The summed E-state index contributed by atoms with van der Waals surface area (Å²) in [5.74, 6) is -17.9. The van der Waals surface area contributed by atoms with Crippen LogP contribution in [-0.2, 0) is 0 Å². The molecule has 0 bridgehead atoms. The van der Waals surface area contributed by atoms with Crippen LogP contribution in [0.25, 0.3) is 0 Å². The van der Waals surface area contributed by atoms with Crippen LogP contribution >= 0.6 is 0 Å². The van der Waals surface area contributed by atoms with Crippen molar-refractivity contribution in [3.8, 4) is 0 Å². The van der Waals surface area contributed by atoms with Crippen LogP contribution in [0, 0.1) is 0 Å². The molecule has 0 fully saturated rings. The van der Waals surface area contributed by atoms with Gasteiger partial charge in [0, 0.05) is 6.42 Å². The molecule has 0 saturated carbocycles. The predicted octanol–water partition coefficient (Wildman–Crippen LogP) is 2.29. The summed E-state index contributed by atoms with van der Waals surface area (Å²) < 4.78 is 98.9. The number of hydrogen-bond donors (Lipinski definition) is 2. The summed E-state index contributed by atoms with van der Waals surface area (Å²) in [4.78, 5) is 0. The molecule has 0 aromatic rings. The zero-order valence-electron chi connectivity index (χ0n) is 8.69. The second-order valence-corrected chi connectivity index (χ2v) is 3.58. The molecule has 0 radical (unpaired) electrons. The smallest absolute Gasteiger partial charge is 0.377 e. The van der Waals surface area contributed by atoms with Crippen LogP contribution in [0.5, 0.6) is 0 Å². The molecule has 0 aliphatic heterocycles. The van der Waals surface area contributed by atoms with Crippen LogP contribution in [0.1, 0.15) is 12.8 Å². The number of halogens is 8. The Hall–Kier alpha value is -0.640. The predicted molar refractivity (Wildman–Crippen MR) is 43.2 cm³/mol. The molecule has 0 amide bonds. The minimum Gasteiger partial charge on any atom is -0.394 e. The van der Waals surface area contributed by atoms with Crippen LogP contribution < -0.4 is 0 Å². The highest BCUT2D eigenvalue weighted by molar-refractivity contribution is 4.97. The van der Waals surface area contributed by atoms with Crippen molar-refractivity contribution in [1.29, 1.82) is 0 Å². The first-order chi connectivity index (χ1) is 7.90. The van der Waals surface area contributed by atoms with Gasteiger partial charge in [-0.3, -0.25) is 0 Å². The lowest BCUT2D eigenvalue weighted by Gasteiger charge is -2.32. The average molecular weight is 290 g/mol. The van der Waals surface area contributed by atoms with Gasteiger partial charge in [0.15, 0.2) is 0 Å². The van der Waals surface area contributed by atoms with Gasteiger partial charge in [-0.1, -0.05) is 0 Å². The monoisotopic (exact) mass is 290 g/mol. The lowest BCUT2D eigenvalue weighted by molar-refractivity contribution is -0.340. The maximum atomic E-state index is 12.8. The highest BCUT2D eigenvalue weighted by atomic mass is 19.4. The lowest BCUT2D eigenvalue weighted by atomic mass is 9.99. The van der Waals surface area contributed by atoms with E-state index in [4.69, 9.17) is 10.2 Å². The van der Waals surface area contributed by atoms with E-state index in [0.29, 0.717) is 0 Å². The molecule has 1 atom stereocenters. The molecule has 0 aliphatic rings. The van der Waals surface area contributed by atoms with E-state index in [2.05, 4.69) is 0 Å². The number of alkyl halides is 8. The van der Waals surface area contributed by atoms with Crippen LogP contribution in [0.4, 0.5) is 35.1 Å². The van der Waals surface area contributed by atoms with Crippen molar-refractivity contribution in [3.63, 3.8) is 0 Å². The van der Waals surface area contributed by atoms with Crippen LogP contribution in [0.3, 0.4) is 0 Å². The largest absolute Gasteiger partial charge is 0.394 e. The SMILES string of the molecule is OCC(O)CCC(F)(F)C(F)(F)C(F)(F)C(F)F. The lowest BCUT2D eigenvalue weighted by Crippen LogP contribution is -2.57. The van der Waals surface area contributed by atoms with Gasteiger partial charge in [-0.05, 0) is 6.42 Å².